The van der Waals surface area contributed by atoms with Gasteiger partial charge in [-0.25, -0.2) is 12.7 Å². The van der Waals surface area contributed by atoms with Crippen molar-refractivity contribution in [2.75, 3.05) is 26.2 Å². The topological polar surface area (TPSA) is 57.7 Å². The summed E-state index contributed by atoms with van der Waals surface area (Å²) in [5.74, 6) is 0.223. The molecular weight excluding hydrogens is 360 g/mol. The van der Waals surface area contributed by atoms with E-state index in [9.17, 15) is 13.2 Å². The lowest BCUT2D eigenvalue weighted by Crippen LogP contribution is -2.49. The maximum atomic E-state index is 12.9. The fraction of sp³-hybridized carbons (Fsp3) is 0.667. The summed E-state index contributed by atoms with van der Waals surface area (Å²) in [6.07, 6.45) is 3.47. The van der Waals surface area contributed by atoms with Crippen LogP contribution in [0.1, 0.15) is 50.7 Å². The van der Waals surface area contributed by atoms with Crippen molar-refractivity contribution >= 4 is 15.9 Å². The Kier molecular flexibility index (Phi) is 5.96. The van der Waals surface area contributed by atoms with Crippen molar-refractivity contribution < 1.29 is 13.2 Å². The number of piperidine rings is 2. The molecule has 0 aromatic heterocycles. The van der Waals surface area contributed by atoms with E-state index in [1.165, 1.54) is 0 Å². The summed E-state index contributed by atoms with van der Waals surface area (Å²) in [5, 5.41) is 0. The second kappa shape index (κ2) is 7.92. The number of aryl methyl sites for hydroxylation is 1. The fourth-order valence-electron chi connectivity index (χ4n) is 4.31. The molecular formula is C21H32N2O3S. The third-order valence-electron chi connectivity index (χ3n) is 6.01. The number of rotatable bonds is 4. The molecule has 0 bridgehead atoms. The number of amides is 1. The minimum Gasteiger partial charge on any atom is -0.342 e. The molecule has 2 saturated heterocycles. The molecule has 150 valence electrons. The summed E-state index contributed by atoms with van der Waals surface area (Å²) in [6.45, 7) is 8.92. The van der Waals surface area contributed by atoms with E-state index in [1.54, 1.807) is 4.31 Å². The highest BCUT2D eigenvalue weighted by Crippen LogP contribution is 2.31. The second-order valence-corrected chi connectivity index (χ2v) is 10.9. The predicted molar refractivity (Wildman–Crippen MR) is 108 cm³/mol. The van der Waals surface area contributed by atoms with Crippen LogP contribution in [0.15, 0.2) is 24.3 Å². The Bertz CT molecular complexity index is 780. The molecule has 27 heavy (non-hydrogen) atoms. The number of nitrogens with zero attached hydrogens (tertiary/aromatic N) is 2. The lowest BCUT2D eigenvalue weighted by molar-refractivity contribution is -0.139. The quantitative estimate of drug-likeness (QED) is 0.791. The van der Waals surface area contributed by atoms with Crippen LogP contribution in [0.25, 0.3) is 0 Å². The molecule has 0 unspecified atom stereocenters. The molecule has 5 nitrogen and oxygen atoms in total. The zero-order chi connectivity index (χ0) is 19.7. The molecule has 0 radical (unpaired) electrons. The smallest absolute Gasteiger partial charge is 0.225 e. The van der Waals surface area contributed by atoms with Crippen LogP contribution in [0, 0.1) is 18.3 Å². The van der Waals surface area contributed by atoms with Gasteiger partial charge >= 0.3 is 0 Å². The Balaban J connectivity index is 1.58. The average Bonchev–Trinajstić information content (AvgIpc) is 2.62. The first kappa shape index (κ1) is 20.3. The van der Waals surface area contributed by atoms with Crippen LogP contribution in [0.3, 0.4) is 0 Å². The van der Waals surface area contributed by atoms with Crippen LogP contribution in [0.4, 0.5) is 0 Å². The van der Waals surface area contributed by atoms with Crippen LogP contribution in [0.5, 0.6) is 0 Å². The molecule has 3 rings (SSSR count). The summed E-state index contributed by atoms with van der Waals surface area (Å²) in [4.78, 5) is 14.9. The minimum atomic E-state index is -3.34. The monoisotopic (exact) mass is 392 g/mol. The van der Waals surface area contributed by atoms with Gasteiger partial charge in [-0.2, -0.15) is 0 Å². The van der Waals surface area contributed by atoms with Gasteiger partial charge in [-0.1, -0.05) is 38.1 Å². The van der Waals surface area contributed by atoms with Crippen LogP contribution in [0.2, 0.25) is 0 Å². The van der Waals surface area contributed by atoms with E-state index >= 15 is 0 Å². The molecule has 0 aliphatic carbocycles. The van der Waals surface area contributed by atoms with Gasteiger partial charge in [0.15, 0.2) is 0 Å². The van der Waals surface area contributed by atoms with Crippen molar-refractivity contribution in [3.63, 3.8) is 0 Å². The third kappa shape index (κ3) is 4.91. The van der Waals surface area contributed by atoms with E-state index < -0.39 is 10.0 Å². The van der Waals surface area contributed by atoms with Gasteiger partial charge in [0.1, 0.15) is 0 Å². The molecule has 0 spiro atoms. The molecule has 2 aliphatic rings. The van der Waals surface area contributed by atoms with Crippen LogP contribution in [-0.4, -0.2) is 49.7 Å². The Morgan fingerprint density at radius 2 is 1.81 bits per heavy atom. The van der Waals surface area contributed by atoms with E-state index in [-0.39, 0.29) is 23.0 Å². The highest BCUT2D eigenvalue weighted by Gasteiger charge is 2.36. The zero-order valence-corrected chi connectivity index (χ0v) is 17.6. The molecule has 1 amide bonds. The van der Waals surface area contributed by atoms with Gasteiger partial charge in [0.05, 0.1) is 5.75 Å². The van der Waals surface area contributed by atoms with E-state index in [2.05, 4.69) is 13.8 Å². The SMILES string of the molecule is Cc1ccccc1CS(=O)(=O)N1CCC(C(=O)N2CCCC(C)(C)C2)CC1. The molecule has 2 heterocycles. The molecule has 2 fully saturated rings. The zero-order valence-electron chi connectivity index (χ0n) is 16.8. The number of sulfonamides is 1. The van der Waals surface area contributed by atoms with Gasteiger partial charge in [-0.05, 0) is 49.1 Å². The van der Waals surface area contributed by atoms with Gasteiger partial charge in [0.2, 0.25) is 15.9 Å². The number of hydrogen-bond acceptors (Lipinski definition) is 3. The number of likely N-dealkylation sites (tertiary alicyclic amines) is 1. The van der Waals surface area contributed by atoms with Gasteiger partial charge in [-0.15, -0.1) is 0 Å². The van der Waals surface area contributed by atoms with Gasteiger partial charge in [0.25, 0.3) is 0 Å². The van der Waals surface area contributed by atoms with Crippen LogP contribution in [-0.2, 0) is 20.6 Å². The van der Waals surface area contributed by atoms with E-state index in [1.807, 2.05) is 36.1 Å². The maximum absolute atomic E-state index is 12.9. The Hall–Kier alpha value is -1.40. The highest BCUT2D eigenvalue weighted by molar-refractivity contribution is 7.88. The fourth-order valence-corrected chi connectivity index (χ4v) is 5.98. The third-order valence-corrected chi connectivity index (χ3v) is 7.84. The molecule has 1 aromatic carbocycles. The average molecular weight is 393 g/mol. The van der Waals surface area contributed by atoms with Gasteiger partial charge in [-0.3, -0.25) is 4.79 Å². The molecule has 0 atom stereocenters. The van der Waals surface area contributed by atoms with E-state index in [0.717, 1.165) is 37.1 Å². The summed E-state index contributed by atoms with van der Waals surface area (Å²) in [7, 11) is -3.34. The number of carbonyl (C=O) groups is 1. The van der Waals surface area contributed by atoms with Crippen LogP contribution >= 0.6 is 0 Å². The number of carbonyl (C=O) groups excluding carboxylic acids is 1. The van der Waals surface area contributed by atoms with Crippen LogP contribution < -0.4 is 0 Å². The van der Waals surface area contributed by atoms with E-state index in [0.29, 0.717) is 25.9 Å². The predicted octanol–water partition coefficient (Wildman–Crippen LogP) is 3.19. The highest BCUT2D eigenvalue weighted by atomic mass is 32.2. The van der Waals surface area contributed by atoms with Crippen molar-refractivity contribution in [3.05, 3.63) is 35.4 Å². The van der Waals surface area contributed by atoms with Gasteiger partial charge in [0, 0.05) is 32.1 Å². The van der Waals surface area contributed by atoms with Crippen molar-refractivity contribution in [3.8, 4) is 0 Å². The summed E-state index contributed by atoms with van der Waals surface area (Å²) >= 11 is 0. The second-order valence-electron chi connectivity index (χ2n) is 8.88. The number of benzene rings is 1. The standard InChI is InChI=1S/C21H32N2O3S/c1-17-7-4-5-8-19(17)15-27(25,26)23-13-9-18(10-14-23)20(24)22-12-6-11-21(2,3)16-22/h4-5,7-8,18H,6,9-16H2,1-3H3. The van der Waals surface area contributed by atoms with Gasteiger partial charge < -0.3 is 4.90 Å². The summed E-state index contributed by atoms with van der Waals surface area (Å²) in [6, 6.07) is 7.62. The van der Waals surface area contributed by atoms with Crippen molar-refractivity contribution in [2.45, 2.75) is 52.2 Å². The molecule has 6 heteroatoms. The first-order valence-electron chi connectivity index (χ1n) is 9.99. The van der Waals surface area contributed by atoms with Crippen molar-refractivity contribution in [2.24, 2.45) is 11.3 Å². The van der Waals surface area contributed by atoms with E-state index in [4.69, 9.17) is 0 Å². The summed E-state index contributed by atoms with van der Waals surface area (Å²) in [5.41, 5.74) is 2.04. The van der Waals surface area contributed by atoms with Crippen molar-refractivity contribution in [1.82, 2.24) is 9.21 Å². The summed E-state index contributed by atoms with van der Waals surface area (Å²) < 4.78 is 27.2. The first-order chi connectivity index (χ1) is 12.7. The number of hydrogen-bond donors (Lipinski definition) is 0. The molecule has 2 aliphatic heterocycles. The Labute approximate surface area is 163 Å². The molecule has 1 aromatic rings. The lowest BCUT2D eigenvalue weighted by Gasteiger charge is -2.40. The minimum absolute atomic E-state index is 0.0381. The Morgan fingerprint density at radius 3 is 2.44 bits per heavy atom. The molecule has 0 N–H and O–H groups in total. The molecule has 0 saturated carbocycles. The Morgan fingerprint density at radius 1 is 1.15 bits per heavy atom. The van der Waals surface area contributed by atoms with Crippen molar-refractivity contribution in [1.29, 1.82) is 0 Å². The largest absolute Gasteiger partial charge is 0.342 e. The normalized spacial score (nSPS) is 22.0. The lowest BCUT2D eigenvalue weighted by atomic mass is 9.83. The first-order valence-corrected chi connectivity index (χ1v) is 11.6. The maximum Gasteiger partial charge on any atom is 0.225 e.